The molecule has 1 aromatic heterocycles. The summed E-state index contributed by atoms with van der Waals surface area (Å²) in [6.07, 6.45) is 4.83. The number of aliphatic hydroxyl groups is 1. The van der Waals surface area contributed by atoms with E-state index in [1.807, 2.05) is 0 Å². The first-order chi connectivity index (χ1) is 18.6. The topological polar surface area (TPSA) is 121 Å². The molecule has 9 nitrogen and oxygen atoms in total. The number of carbonyl (C=O) groups excluding carboxylic acids is 1. The molecule has 3 N–H and O–H groups in total. The fourth-order valence-corrected chi connectivity index (χ4v) is 5.93. The van der Waals surface area contributed by atoms with Gasteiger partial charge in [0, 0.05) is 34.7 Å². The number of hydrogen-bond acceptors (Lipinski definition) is 7. The van der Waals surface area contributed by atoms with E-state index in [1.54, 1.807) is 37.3 Å². The number of nitrogens with one attached hydrogen (secondary N) is 2. The van der Waals surface area contributed by atoms with Crippen LogP contribution in [0.4, 0.5) is 20.2 Å². The Morgan fingerprint density at radius 2 is 1.90 bits per heavy atom. The average Bonchev–Trinajstić information content (AvgIpc) is 3.73. The van der Waals surface area contributed by atoms with E-state index in [2.05, 4.69) is 38.4 Å². The summed E-state index contributed by atoms with van der Waals surface area (Å²) in [6.45, 7) is 0.806. The van der Waals surface area contributed by atoms with Crippen molar-refractivity contribution in [3.05, 3.63) is 80.7 Å². The van der Waals surface area contributed by atoms with Crippen LogP contribution in [0.5, 0.6) is 0 Å². The van der Waals surface area contributed by atoms with Crippen molar-refractivity contribution in [1.29, 1.82) is 0 Å². The van der Waals surface area contributed by atoms with Crippen LogP contribution in [-0.4, -0.2) is 48.5 Å². The van der Waals surface area contributed by atoms with Crippen LogP contribution in [0.2, 0.25) is 0 Å². The normalized spacial score (nSPS) is 13.5. The standard InChI is InChI=1S/C26H27F2IN4O5S/c1-16-12-19(29)4-5-21(16)31-25-20(26(35)32-38-15-18-2-3-18)13-22(23(27)24(25)28)39(36,37)33(10-11-34)14-17-6-8-30-9-7-17/h4-9,12-13,18,31,34H,2-3,10-11,14-15H2,1H3,(H,32,35). The van der Waals surface area contributed by atoms with Crippen LogP contribution < -0.4 is 10.8 Å². The van der Waals surface area contributed by atoms with Gasteiger partial charge in [0.1, 0.15) is 4.90 Å². The highest BCUT2D eigenvalue weighted by atomic mass is 127. The number of aromatic nitrogens is 1. The number of hydroxylamine groups is 1. The van der Waals surface area contributed by atoms with E-state index in [9.17, 15) is 18.3 Å². The summed E-state index contributed by atoms with van der Waals surface area (Å²) < 4.78 is 60.0. The number of hydrogen-bond donors (Lipinski definition) is 3. The molecule has 1 heterocycles. The van der Waals surface area contributed by atoms with E-state index in [0.29, 0.717) is 22.7 Å². The van der Waals surface area contributed by atoms with Gasteiger partial charge in [-0.15, -0.1) is 0 Å². The van der Waals surface area contributed by atoms with Crippen molar-refractivity contribution in [2.75, 3.05) is 25.1 Å². The molecule has 1 saturated carbocycles. The van der Waals surface area contributed by atoms with Gasteiger partial charge in [0.15, 0.2) is 11.6 Å². The lowest BCUT2D eigenvalue weighted by Crippen LogP contribution is -2.34. The smallest absolute Gasteiger partial charge is 0.277 e. The molecule has 0 radical (unpaired) electrons. The first-order valence-corrected chi connectivity index (χ1v) is 14.6. The number of aliphatic hydroxyl groups excluding tert-OH is 1. The fourth-order valence-electron chi connectivity index (χ4n) is 3.78. The summed E-state index contributed by atoms with van der Waals surface area (Å²) in [4.78, 5) is 21.2. The van der Waals surface area contributed by atoms with Crippen LogP contribution in [0.15, 0.2) is 53.7 Å². The second-order valence-corrected chi connectivity index (χ2v) is 12.3. The molecule has 0 spiro atoms. The predicted molar refractivity (Wildman–Crippen MR) is 149 cm³/mol. The maximum absolute atomic E-state index is 15.6. The second-order valence-electron chi connectivity index (χ2n) is 9.11. The van der Waals surface area contributed by atoms with Gasteiger partial charge in [-0.2, -0.15) is 4.31 Å². The Labute approximate surface area is 238 Å². The molecule has 1 amide bonds. The van der Waals surface area contributed by atoms with E-state index in [-0.39, 0.29) is 19.7 Å². The number of benzene rings is 2. The molecule has 13 heteroatoms. The zero-order valence-corrected chi connectivity index (χ0v) is 23.9. The zero-order chi connectivity index (χ0) is 28.2. The maximum Gasteiger partial charge on any atom is 0.277 e. The van der Waals surface area contributed by atoms with Gasteiger partial charge in [0.25, 0.3) is 5.91 Å². The summed E-state index contributed by atoms with van der Waals surface area (Å²) >= 11 is 2.11. The molecule has 0 saturated heterocycles. The minimum absolute atomic E-state index is 0.236. The van der Waals surface area contributed by atoms with Crippen LogP contribution in [0.3, 0.4) is 0 Å². The van der Waals surface area contributed by atoms with Crippen LogP contribution in [0.1, 0.15) is 34.3 Å². The minimum Gasteiger partial charge on any atom is -0.395 e. The number of nitrogens with zero attached hydrogens (tertiary/aromatic N) is 2. The number of rotatable bonds is 12. The molecule has 1 fully saturated rings. The Bertz CT molecular complexity index is 1460. The fraction of sp³-hybridized carbons (Fsp3) is 0.308. The monoisotopic (exact) mass is 672 g/mol. The molecular weight excluding hydrogens is 645 g/mol. The van der Waals surface area contributed by atoms with E-state index < -0.39 is 50.3 Å². The highest BCUT2D eigenvalue weighted by Crippen LogP contribution is 2.34. The number of carbonyl (C=O) groups is 1. The van der Waals surface area contributed by atoms with Crippen molar-refractivity contribution in [3.63, 3.8) is 0 Å². The average molecular weight is 672 g/mol. The SMILES string of the molecule is Cc1cc(I)ccc1Nc1c(C(=O)NOCC2CC2)cc(S(=O)(=O)N(CCO)Cc2ccncc2)c(F)c1F. The molecule has 0 aliphatic heterocycles. The van der Waals surface area contributed by atoms with E-state index >= 15 is 8.78 Å². The minimum atomic E-state index is -4.71. The van der Waals surface area contributed by atoms with Crippen molar-refractivity contribution in [2.45, 2.75) is 31.2 Å². The zero-order valence-electron chi connectivity index (χ0n) is 21.0. The summed E-state index contributed by atoms with van der Waals surface area (Å²) in [5.41, 5.74) is 2.83. The summed E-state index contributed by atoms with van der Waals surface area (Å²) in [5, 5.41) is 12.3. The lowest BCUT2D eigenvalue weighted by atomic mass is 10.1. The van der Waals surface area contributed by atoms with Crippen LogP contribution in [0.25, 0.3) is 0 Å². The number of aryl methyl sites for hydroxylation is 1. The van der Waals surface area contributed by atoms with Crippen molar-refractivity contribution < 1.29 is 31.9 Å². The van der Waals surface area contributed by atoms with Gasteiger partial charge in [-0.3, -0.25) is 14.6 Å². The maximum atomic E-state index is 15.6. The predicted octanol–water partition coefficient (Wildman–Crippen LogP) is 4.27. The molecule has 0 bridgehead atoms. The summed E-state index contributed by atoms with van der Waals surface area (Å²) in [5.74, 6) is -3.85. The Kier molecular flexibility index (Phi) is 9.48. The first kappa shape index (κ1) is 29.3. The van der Waals surface area contributed by atoms with E-state index in [4.69, 9.17) is 4.84 Å². The van der Waals surface area contributed by atoms with Crippen molar-refractivity contribution in [1.82, 2.24) is 14.8 Å². The summed E-state index contributed by atoms with van der Waals surface area (Å²) in [7, 11) is -4.71. The van der Waals surface area contributed by atoms with Crippen LogP contribution in [-0.2, 0) is 21.4 Å². The molecule has 1 aliphatic carbocycles. The van der Waals surface area contributed by atoms with Gasteiger partial charge in [-0.25, -0.2) is 22.7 Å². The van der Waals surface area contributed by atoms with Gasteiger partial charge in [-0.1, -0.05) is 0 Å². The molecule has 4 rings (SSSR count). The van der Waals surface area contributed by atoms with Gasteiger partial charge in [-0.05, 0) is 95.8 Å². The van der Waals surface area contributed by atoms with Gasteiger partial charge < -0.3 is 10.4 Å². The van der Waals surface area contributed by atoms with Crippen LogP contribution >= 0.6 is 22.6 Å². The van der Waals surface area contributed by atoms with E-state index in [0.717, 1.165) is 26.8 Å². The molecule has 208 valence electrons. The molecule has 1 aliphatic rings. The highest BCUT2D eigenvalue weighted by Gasteiger charge is 2.33. The first-order valence-electron chi connectivity index (χ1n) is 12.1. The number of anilines is 2. The molecule has 0 unspecified atom stereocenters. The van der Waals surface area contributed by atoms with Crippen molar-refractivity contribution >= 4 is 49.9 Å². The Balaban J connectivity index is 1.77. The van der Waals surface area contributed by atoms with Gasteiger partial charge in [0.2, 0.25) is 10.0 Å². The Morgan fingerprint density at radius 3 is 2.54 bits per heavy atom. The number of amides is 1. The third-order valence-corrected chi connectivity index (χ3v) is 8.64. The summed E-state index contributed by atoms with van der Waals surface area (Å²) in [6, 6.07) is 9.09. The number of sulfonamides is 1. The van der Waals surface area contributed by atoms with Crippen LogP contribution in [0, 0.1) is 28.0 Å². The largest absolute Gasteiger partial charge is 0.395 e. The second kappa shape index (κ2) is 12.6. The lowest BCUT2D eigenvalue weighted by molar-refractivity contribution is 0.0270. The third-order valence-electron chi connectivity index (χ3n) is 6.12. The lowest BCUT2D eigenvalue weighted by Gasteiger charge is -2.23. The molecule has 39 heavy (non-hydrogen) atoms. The van der Waals surface area contributed by atoms with E-state index in [1.165, 1.54) is 12.4 Å². The van der Waals surface area contributed by atoms with Crippen molar-refractivity contribution in [3.8, 4) is 0 Å². The van der Waals surface area contributed by atoms with Gasteiger partial charge in [0.05, 0.1) is 24.5 Å². The molecule has 0 atom stereocenters. The molecular formula is C26H27F2IN4O5S. The highest BCUT2D eigenvalue weighted by molar-refractivity contribution is 14.1. The Morgan fingerprint density at radius 1 is 1.18 bits per heavy atom. The number of halogens is 3. The van der Waals surface area contributed by atoms with Gasteiger partial charge >= 0.3 is 0 Å². The third kappa shape index (κ3) is 7.08. The number of pyridine rings is 1. The molecule has 2 aromatic carbocycles. The molecule has 3 aromatic rings. The van der Waals surface area contributed by atoms with Crippen molar-refractivity contribution in [2.24, 2.45) is 5.92 Å². The quantitative estimate of drug-likeness (QED) is 0.194. The Hall–Kier alpha value is -2.72.